The molecule has 1 atom stereocenters. The predicted octanol–water partition coefficient (Wildman–Crippen LogP) is 2.89. The van der Waals surface area contributed by atoms with Crippen molar-refractivity contribution >= 4 is 34.7 Å². The molecule has 3 aromatic rings. The summed E-state index contributed by atoms with van der Waals surface area (Å²) in [5, 5.41) is 20.3. The van der Waals surface area contributed by atoms with Crippen LogP contribution in [0, 0.1) is 6.92 Å². The predicted molar refractivity (Wildman–Crippen MR) is 130 cm³/mol. The lowest BCUT2D eigenvalue weighted by molar-refractivity contribution is -0.139. The van der Waals surface area contributed by atoms with Crippen molar-refractivity contribution in [3.05, 3.63) is 62.7 Å². The molecule has 2 aromatic heterocycles. The van der Waals surface area contributed by atoms with E-state index in [0.29, 0.717) is 25.9 Å². The van der Waals surface area contributed by atoms with Gasteiger partial charge in [0.05, 0.1) is 11.7 Å². The molecule has 0 aliphatic carbocycles. The highest BCUT2D eigenvalue weighted by Crippen LogP contribution is 2.32. The van der Waals surface area contributed by atoms with Crippen LogP contribution in [0.2, 0.25) is 0 Å². The first kappa shape index (κ1) is 22.5. The zero-order valence-electron chi connectivity index (χ0n) is 18.9. The van der Waals surface area contributed by atoms with Gasteiger partial charge in [-0.15, -0.1) is 0 Å². The number of pyridine rings is 1. The van der Waals surface area contributed by atoms with E-state index in [2.05, 4.69) is 20.5 Å². The van der Waals surface area contributed by atoms with Gasteiger partial charge >= 0.3 is 12.0 Å². The number of fused-ring (bicyclic) bond motifs is 2. The van der Waals surface area contributed by atoms with E-state index in [0.717, 1.165) is 44.8 Å². The number of aliphatic carboxylic acids is 1. The van der Waals surface area contributed by atoms with Crippen LogP contribution in [0.25, 0.3) is 10.9 Å². The van der Waals surface area contributed by atoms with Crippen LogP contribution >= 0.6 is 11.8 Å². The number of aromatic nitrogens is 3. The van der Waals surface area contributed by atoms with E-state index < -0.39 is 12.0 Å². The Labute approximate surface area is 200 Å². The SMILES string of the molecule is Cc1cc(C[C@@H](NC(=O)N2CCC(c3cc4c([nH]c3=O)CSC4)CC2)C(=O)O)cc2cn[nH]c12. The molecule has 1 aromatic carbocycles. The zero-order chi connectivity index (χ0) is 23.8. The number of hydrogen-bond acceptors (Lipinski definition) is 5. The zero-order valence-corrected chi connectivity index (χ0v) is 19.7. The van der Waals surface area contributed by atoms with Crippen LogP contribution < -0.4 is 10.9 Å². The minimum absolute atomic E-state index is 0.0278. The summed E-state index contributed by atoms with van der Waals surface area (Å²) < 4.78 is 0. The van der Waals surface area contributed by atoms with Crippen molar-refractivity contribution in [3.8, 4) is 0 Å². The number of nitrogens with one attached hydrogen (secondary N) is 3. The summed E-state index contributed by atoms with van der Waals surface area (Å²) in [6.07, 6.45) is 3.24. The molecule has 2 aliphatic rings. The number of amides is 2. The van der Waals surface area contributed by atoms with Crippen LogP contribution in [0.4, 0.5) is 4.79 Å². The number of urea groups is 1. The maximum Gasteiger partial charge on any atom is 0.326 e. The number of carboxylic acids is 1. The van der Waals surface area contributed by atoms with Gasteiger partial charge in [0.1, 0.15) is 6.04 Å². The summed E-state index contributed by atoms with van der Waals surface area (Å²) in [5.74, 6) is 0.799. The summed E-state index contributed by atoms with van der Waals surface area (Å²) in [7, 11) is 0. The molecule has 1 fully saturated rings. The lowest BCUT2D eigenvalue weighted by atomic mass is 9.89. The minimum Gasteiger partial charge on any atom is -0.480 e. The lowest BCUT2D eigenvalue weighted by Gasteiger charge is -2.32. The molecule has 1 saturated heterocycles. The van der Waals surface area contributed by atoms with Gasteiger partial charge in [0.25, 0.3) is 5.56 Å². The molecular formula is C24H27N5O4S. The number of aryl methyl sites for hydroxylation is 1. The lowest BCUT2D eigenvalue weighted by Crippen LogP contribution is -2.50. The smallest absolute Gasteiger partial charge is 0.326 e. The number of benzene rings is 1. The van der Waals surface area contributed by atoms with E-state index in [-0.39, 0.29) is 23.9 Å². The average Bonchev–Trinajstić information content (AvgIpc) is 3.47. The van der Waals surface area contributed by atoms with Gasteiger partial charge in [-0.2, -0.15) is 16.9 Å². The molecule has 10 heteroatoms. The van der Waals surface area contributed by atoms with Crippen LogP contribution in [0.15, 0.2) is 29.2 Å². The first-order chi connectivity index (χ1) is 16.4. The Bertz CT molecular complexity index is 1310. The van der Waals surface area contributed by atoms with E-state index in [1.54, 1.807) is 22.9 Å². The number of hydrogen-bond donors (Lipinski definition) is 4. The fourth-order valence-corrected chi connectivity index (χ4v) is 5.99. The first-order valence-electron chi connectivity index (χ1n) is 11.4. The molecule has 4 N–H and O–H groups in total. The van der Waals surface area contributed by atoms with Crippen molar-refractivity contribution in [1.82, 2.24) is 25.4 Å². The second kappa shape index (κ2) is 9.17. The maximum atomic E-state index is 12.9. The van der Waals surface area contributed by atoms with E-state index in [9.17, 15) is 19.5 Å². The van der Waals surface area contributed by atoms with Crippen LogP contribution in [0.5, 0.6) is 0 Å². The summed E-state index contributed by atoms with van der Waals surface area (Å²) in [5.41, 5.74) is 5.72. The maximum absolute atomic E-state index is 12.9. The Hall–Kier alpha value is -3.27. The molecule has 2 amide bonds. The fraction of sp³-hybridized carbons (Fsp3) is 0.417. The second-order valence-corrected chi connectivity index (χ2v) is 10.1. The molecule has 178 valence electrons. The molecule has 0 radical (unpaired) electrons. The molecular weight excluding hydrogens is 454 g/mol. The fourth-order valence-electron chi connectivity index (χ4n) is 4.95. The highest BCUT2D eigenvalue weighted by atomic mass is 32.2. The van der Waals surface area contributed by atoms with Crippen molar-refractivity contribution in [2.45, 2.75) is 49.7 Å². The van der Waals surface area contributed by atoms with Crippen molar-refractivity contribution in [2.24, 2.45) is 0 Å². The molecule has 0 saturated carbocycles. The van der Waals surface area contributed by atoms with Gasteiger partial charge in [0.15, 0.2) is 0 Å². The normalized spacial score (nSPS) is 17.0. The van der Waals surface area contributed by atoms with Crippen LogP contribution in [0.3, 0.4) is 0 Å². The Kier molecular flexibility index (Phi) is 6.07. The summed E-state index contributed by atoms with van der Waals surface area (Å²) in [6, 6.07) is 4.43. The number of carbonyl (C=O) groups is 2. The quantitative estimate of drug-likeness (QED) is 0.443. The Morgan fingerprint density at radius 1 is 1.26 bits per heavy atom. The number of H-pyrrole nitrogens is 2. The van der Waals surface area contributed by atoms with Gasteiger partial charge in [-0.3, -0.25) is 9.89 Å². The molecule has 0 unspecified atom stereocenters. The Morgan fingerprint density at radius 2 is 2.06 bits per heavy atom. The Balaban J connectivity index is 1.22. The highest BCUT2D eigenvalue weighted by Gasteiger charge is 2.29. The van der Waals surface area contributed by atoms with Gasteiger partial charge in [-0.25, -0.2) is 9.59 Å². The monoisotopic (exact) mass is 481 g/mol. The number of carbonyl (C=O) groups excluding carboxylic acids is 1. The molecule has 5 rings (SSSR count). The number of rotatable bonds is 5. The number of thioether (sulfide) groups is 1. The summed E-state index contributed by atoms with van der Waals surface area (Å²) in [6.45, 7) is 2.90. The minimum atomic E-state index is -1.07. The first-order valence-corrected chi connectivity index (χ1v) is 12.6. The van der Waals surface area contributed by atoms with E-state index in [1.807, 2.05) is 25.1 Å². The molecule has 34 heavy (non-hydrogen) atoms. The van der Waals surface area contributed by atoms with Gasteiger partial charge in [-0.1, -0.05) is 6.07 Å². The van der Waals surface area contributed by atoms with Gasteiger partial charge in [0.2, 0.25) is 0 Å². The van der Waals surface area contributed by atoms with Crippen LogP contribution in [-0.4, -0.2) is 56.3 Å². The number of aromatic amines is 2. The number of carboxylic acid groups (broad SMARTS) is 1. The summed E-state index contributed by atoms with van der Waals surface area (Å²) in [4.78, 5) is 42.0. The third kappa shape index (κ3) is 4.42. The molecule has 4 heterocycles. The van der Waals surface area contributed by atoms with Crippen molar-refractivity contribution in [2.75, 3.05) is 13.1 Å². The average molecular weight is 482 g/mol. The standard InChI is InChI=1S/C24H27N5O4S/c1-13-6-14(7-16-10-25-28-21(13)16)8-19(23(31)32)27-24(33)29-4-2-15(3-5-29)18-9-17-11-34-12-20(17)26-22(18)30/h6-7,9-10,15,19H,2-5,8,11-12H2,1H3,(H,25,28)(H,26,30)(H,27,33)(H,31,32)/t19-/m1/s1. The van der Waals surface area contributed by atoms with Gasteiger partial charge in [0, 0.05) is 47.7 Å². The molecule has 2 aliphatic heterocycles. The van der Waals surface area contributed by atoms with E-state index in [4.69, 9.17) is 0 Å². The largest absolute Gasteiger partial charge is 0.480 e. The summed E-state index contributed by atoms with van der Waals surface area (Å²) >= 11 is 1.80. The molecule has 9 nitrogen and oxygen atoms in total. The number of piperidine rings is 1. The van der Waals surface area contributed by atoms with Crippen molar-refractivity contribution in [3.63, 3.8) is 0 Å². The third-order valence-corrected chi connectivity index (χ3v) is 7.82. The number of likely N-dealkylation sites (tertiary alicyclic amines) is 1. The Morgan fingerprint density at radius 3 is 2.82 bits per heavy atom. The van der Waals surface area contributed by atoms with E-state index in [1.165, 1.54) is 5.56 Å². The van der Waals surface area contributed by atoms with Gasteiger partial charge < -0.3 is 20.3 Å². The molecule has 0 spiro atoms. The van der Waals surface area contributed by atoms with Crippen LogP contribution in [-0.2, 0) is 22.7 Å². The van der Waals surface area contributed by atoms with Crippen molar-refractivity contribution in [1.29, 1.82) is 0 Å². The van der Waals surface area contributed by atoms with Crippen molar-refractivity contribution < 1.29 is 14.7 Å². The number of nitrogens with zero attached hydrogens (tertiary/aromatic N) is 2. The van der Waals surface area contributed by atoms with Crippen LogP contribution in [0.1, 0.15) is 46.7 Å². The third-order valence-electron chi connectivity index (χ3n) is 6.81. The highest BCUT2D eigenvalue weighted by molar-refractivity contribution is 7.98. The van der Waals surface area contributed by atoms with Gasteiger partial charge in [-0.05, 0) is 54.5 Å². The molecule has 0 bridgehead atoms. The van der Waals surface area contributed by atoms with E-state index >= 15 is 0 Å². The second-order valence-electron chi connectivity index (χ2n) is 9.10. The topological polar surface area (TPSA) is 131 Å².